The molecule has 1 heterocycles. The molecule has 0 amide bonds. The van der Waals surface area contributed by atoms with Crippen molar-refractivity contribution in [1.29, 1.82) is 0 Å². The fourth-order valence-corrected chi connectivity index (χ4v) is 1.49. The van der Waals surface area contributed by atoms with Crippen molar-refractivity contribution in [1.82, 2.24) is 0 Å². The molecule has 0 aliphatic carbocycles. The molecule has 1 aliphatic heterocycles. The van der Waals surface area contributed by atoms with E-state index in [1.807, 2.05) is 0 Å². The van der Waals surface area contributed by atoms with Crippen molar-refractivity contribution in [2.24, 2.45) is 11.0 Å². The molecule has 0 saturated carbocycles. The van der Waals surface area contributed by atoms with Crippen LogP contribution in [0.3, 0.4) is 0 Å². The van der Waals surface area contributed by atoms with Crippen LogP contribution in [0, 0.1) is 5.92 Å². The second-order valence-electron chi connectivity index (χ2n) is 3.32. The Balaban J connectivity index is 2.95. The van der Waals surface area contributed by atoms with Gasteiger partial charge in [0, 0.05) is 16.8 Å². The second kappa shape index (κ2) is 3.55. The van der Waals surface area contributed by atoms with Gasteiger partial charge in [0.05, 0.1) is 12.7 Å². The predicted molar refractivity (Wildman–Crippen MR) is 47.6 cm³/mol. The Morgan fingerprint density at radius 2 is 2.38 bits per heavy atom. The Bertz CT molecular complexity index is 245. The van der Waals surface area contributed by atoms with Gasteiger partial charge in [-0.3, -0.25) is 0 Å². The molecule has 6 nitrogen and oxygen atoms in total. The molecule has 1 unspecified atom stereocenters. The summed E-state index contributed by atoms with van der Waals surface area (Å²) in [6.45, 7) is 1.27. The maximum absolute atomic E-state index is 9.66. The molecule has 1 rings (SSSR count). The van der Waals surface area contributed by atoms with E-state index in [4.69, 9.17) is 15.4 Å². The van der Waals surface area contributed by atoms with Crippen molar-refractivity contribution in [3.8, 4) is 0 Å². The highest BCUT2D eigenvalue weighted by atomic mass is 16.6. The molecule has 4 atom stereocenters. The molecule has 72 valence electrons. The van der Waals surface area contributed by atoms with Crippen LogP contribution in [0.1, 0.15) is 6.92 Å². The lowest BCUT2D eigenvalue weighted by Crippen LogP contribution is -2.42. The summed E-state index contributed by atoms with van der Waals surface area (Å²) >= 11 is 0. The lowest BCUT2D eigenvalue weighted by Gasteiger charge is -2.24. The highest BCUT2D eigenvalue weighted by Gasteiger charge is 2.50. The topological polar surface area (TPSA) is 98.5 Å². The van der Waals surface area contributed by atoms with E-state index >= 15 is 0 Å². The molecule has 0 aromatic rings. The van der Waals surface area contributed by atoms with E-state index < -0.39 is 18.4 Å². The third-order valence-electron chi connectivity index (χ3n) is 2.53. The summed E-state index contributed by atoms with van der Waals surface area (Å²) in [7, 11) is 1.76. The van der Waals surface area contributed by atoms with Crippen LogP contribution in [0.5, 0.6) is 0 Å². The average Bonchev–Trinajstić information content (AvgIpc) is 2.32. The monoisotopic (exact) mass is 185 g/mol. The largest absolute Gasteiger partial charge is 0.393 e. The number of azide groups is 1. The third kappa shape index (κ3) is 1.51. The summed E-state index contributed by atoms with van der Waals surface area (Å²) in [6, 6.07) is -0.229. The Labute approximate surface area is 76.5 Å². The first kappa shape index (κ1) is 10.3. The molecule has 1 aliphatic rings. The van der Waals surface area contributed by atoms with Gasteiger partial charge in [0.25, 0.3) is 0 Å². The van der Waals surface area contributed by atoms with Crippen molar-refractivity contribution in [3.05, 3.63) is 10.4 Å². The molecule has 0 aromatic heterocycles. The van der Waals surface area contributed by atoms with Crippen molar-refractivity contribution in [2.75, 3.05) is 6.61 Å². The average molecular weight is 185 g/mol. The summed E-state index contributed by atoms with van der Waals surface area (Å²) < 4.78 is 5.24. The number of aliphatic hydroxyl groups is 2. The van der Waals surface area contributed by atoms with Crippen molar-refractivity contribution in [3.63, 3.8) is 0 Å². The number of hydrogen-bond acceptors (Lipinski definition) is 4. The summed E-state index contributed by atoms with van der Waals surface area (Å²) in [5.74, 6) is -0.155. The van der Waals surface area contributed by atoms with Gasteiger partial charge in [-0.1, -0.05) is 12.0 Å². The minimum atomic E-state index is -1.49. The van der Waals surface area contributed by atoms with Crippen LogP contribution in [0.2, 0.25) is 0 Å². The van der Waals surface area contributed by atoms with Gasteiger partial charge >= 0.3 is 0 Å². The molecule has 0 bridgehead atoms. The lowest BCUT2D eigenvalue weighted by molar-refractivity contribution is -0.0930. The standard InChI is InChI=1S/C6H12BN3O3/c1-3-4(12)6(2-11,9-10-8)13-5(3)7/h3-5,11-12H,2,7H2,1H3/t3-,4?,5+,6+/m0/s1. The van der Waals surface area contributed by atoms with E-state index in [-0.39, 0.29) is 11.9 Å². The van der Waals surface area contributed by atoms with E-state index in [0.29, 0.717) is 0 Å². The van der Waals surface area contributed by atoms with Gasteiger partial charge in [-0.25, -0.2) is 0 Å². The molecule has 2 N–H and O–H groups in total. The molecule has 1 fully saturated rings. The molecule has 7 heteroatoms. The van der Waals surface area contributed by atoms with E-state index in [2.05, 4.69) is 10.0 Å². The zero-order valence-corrected chi connectivity index (χ0v) is 7.58. The summed E-state index contributed by atoms with van der Waals surface area (Å²) in [4.78, 5) is 2.56. The van der Waals surface area contributed by atoms with Gasteiger partial charge in [-0.15, -0.1) is 0 Å². The number of hydrogen-bond donors (Lipinski definition) is 2. The minimum Gasteiger partial charge on any atom is -0.393 e. The SMILES string of the molecule is B[C@@H]1O[C@@](CO)(N=[N+]=[N-])C(O)[C@@H]1C. The van der Waals surface area contributed by atoms with Gasteiger partial charge in [-0.05, 0) is 5.53 Å². The molecule has 0 aromatic carbocycles. The maximum Gasteiger partial charge on any atom is 0.195 e. The zero-order chi connectivity index (χ0) is 10.1. The van der Waals surface area contributed by atoms with E-state index in [9.17, 15) is 5.11 Å². The Hall–Kier alpha value is -0.745. The van der Waals surface area contributed by atoms with Crippen molar-refractivity contribution in [2.45, 2.75) is 24.8 Å². The number of aliphatic hydroxyl groups excluding tert-OH is 2. The highest BCUT2D eigenvalue weighted by molar-refractivity contribution is 6.11. The van der Waals surface area contributed by atoms with Crippen LogP contribution in [-0.2, 0) is 4.74 Å². The summed E-state index contributed by atoms with van der Waals surface area (Å²) in [5, 5.41) is 22.0. The van der Waals surface area contributed by atoms with Crippen molar-refractivity contribution >= 4 is 7.85 Å². The molecular weight excluding hydrogens is 173 g/mol. The van der Waals surface area contributed by atoms with Crippen LogP contribution >= 0.6 is 0 Å². The van der Waals surface area contributed by atoms with Gasteiger partial charge in [-0.2, -0.15) is 0 Å². The Morgan fingerprint density at radius 1 is 1.77 bits per heavy atom. The zero-order valence-electron chi connectivity index (χ0n) is 7.58. The number of ether oxygens (including phenoxy) is 1. The normalized spacial score (nSPS) is 44.4. The van der Waals surface area contributed by atoms with E-state index in [1.54, 1.807) is 14.8 Å². The van der Waals surface area contributed by atoms with Crippen LogP contribution in [0.4, 0.5) is 0 Å². The van der Waals surface area contributed by atoms with Crippen LogP contribution in [0.25, 0.3) is 10.4 Å². The van der Waals surface area contributed by atoms with Crippen molar-refractivity contribution < 1.29 is 14.9 Å². The van der Waals surface area contributed by atoms with Gasteiger partial charge < -0.3 is 14.9 Å². The van der Waals surface area contributed by atoms with Crippen LogP contribution in [-0.4, -0.2) is 42.5 Å². The first-order valence-electron chi connectivity index (χ1n) is 4.10. The summed E-state index contributed by atoms with van der Waals surface area (Å²) in [5.41, 5.74) is 6.78. The molecule has 0 spiro atoms. The van der Waals surface area contributed by atoms with Gasteiger partial charge in [0.2, 0.25) is 0 Å². The Morgan fingerprint density at radius 3 is 2.69 bits per heavy atom. The van der Waals surface area contributed by atoms with Gasteiger partial charge in [0.15, 0.2) is 5.72 Å². The highest BCUT2D eigenvalue weighted by Crippen LogP contribution is 2.34. The van der Waals surface area contributed by atoms with E-state index in [1.165, 1.54) is 0 Å². The minimum absolute atomic E-state index is 0.155. The molecule has 0 radical (unpaired) electrons. The second-order valence-corrected chi connectivity index (χ2v) is 3.32. The molecular formula is C6H12BN3O3. The number of rotatable bonds is 2. The first-order chi connectivity index (χ1) is 6.07. The van der Waals surface area contributed by atoms with E-state index in [0.717, 1.165) is 0 Å². The predicted octanol–water partition coefficient (Wildman–Crippen LogP) is -1.03. The third-order valence-corrected chi connectivity index (χ3v) is 2.53. The van der Waals surface area contributed by atoms with Crippen LogP contribution < -0.4 is 0 Å². The molecule has 13 heavy (non-hydrogen) atoms. The quantitative estimate of drug-likeness (QED) is 0.249. The number of nitrogens with zero attached hydrogens (tertiary/aromatic N) is 3. The van der Waals surface area contributed by atoms with Crippen LogP contribution in [0.15, 0.2) is 5.11 Å². The fourth-order valence-electron chi connectivity index (χ4n) is 1.49. The smallest absolute Gasteiger partial charge is 0.195 e. The lowest BCUT2D eigenvalue weighted by atomic mass is 9.85. The first-order valence-corrected chi connectivity index (χ1v) is 4.10. The molecule has 1 saturated heterocycles. The van der Waals surface area contributed by atoms with Gasteiger partial charge in [0.1, 0.15) is 7.85 Å². The summed E-state index contributed by atoms with van der Waals surface area (Å²) in [6.07, 6.45) is -0.955. The fraction of sp³-hybridized carbons (Fsp3) is 1.00. The maximum atomic E-state index is 9.66. The Kier molecular flexibility index (Phi) is 2.82.